The molecule has 0 bridgehead atoms. The van der Waals surface area contributed by atoms with Crippen LogP contribution in [0.25, 0.3) is 0 Å². The van der Waals surface area contributed by atoms with Gasteiger partial charge in [-0.15, -0.1) is 10.2 Å². The van der Waals surface area contributed by atoms with Gasteiger partial charge in [-0.2, -0.15) is 0 Å². The molecule has 0 spiro atoms. The Morgan fingerprint density at radius 3 is 2.94 bits per heavy atom. The first-order valence-electron chi connectivity index (χ1n) is 4.68. The number of nitrogens with one attached hydrogen (secondary N) is 1. The van der Waals surface area contributed by atoms with Crippen LogP contribution in [-0.4, -0.2) is 16.0 Å². The monoisotopic (exact) mass is 268 g/mol. The molecule has 2 aromatic rings. The van der Waals surface area contributed by atoms with Gasteiger partial charge in [0, 0.05) is 11.3 Å². The van der Waals surface area contributed by atoms with Gasteiger partial charge in [0.25, 0.3) is 0 Å². The number of nitrogen functional groups attached to an aromatic ring is 1. The third-order valence-electron chi connectivity index (χ3n) is 2.06. The zero-order valence-corrected chi connectivity index (χ0v) is 10.3. The quantitative estimate of drug-likeness (QED) is 0.506. The largest absolute Gasteiger partial charge is 0.384 e. The summed E-state index contributed by atoms with van der Waals surface area (Å²) in [5.41, 5.74) is 7.88. The molecule has 0 amide bonds. The summed E-state index contributed by atoms with van der Waals surface area (Å²) in [6.45, 7) is 0. The van der Waals surface area contributed by atoms with Gasteiger partial charge >= 0.3 is 0 Å². The molecule has 0 atom stereocenters. The standard InChI is InChI=1S/C10H9FN4S2/c11-8-3-6(9(12)13)1-2-7(8)4-16-10-15-14-5-17-10/h1-3,5H,4H2,(H3,12,13). The molecule has 1 heterocycles. The maximum atomic E-state index is 13.6. The molecule has 7 heteroatoms. The smallest absolute Gasteiger partial charge is 0.174 e. The molecular formula is C10H9FN4S2. The first-order chi connectivity index (χ1) is 8.16. The lowest BCUT2D eigenvalue weighted by Crippen LogP contribution is -2.11. The van der Waals surface area contributed by atoms with Gasteiger partial charge in [0.05, 0.1) is 0 Å². The highest BCUT2D eigenvalue weighted by Gasteiger charge is 2.07. The molecule has 3 N–H and O–H groups in total. The third kappa shape index (κ3) is 3.01. The SMILES string of the molecule is N=C(N)c1ccc(CSc2nncs2)c(F)c1. The normalized spacial score (nSPS) is 10.4. The number of hydrogen-bond donors (Lipinski definition) is 2. The summed E-state index contributed by atoms with van der Waals surface area (Å²) in [5.74, 6) is 0.00102. The van der Waals surface area contributed by atoms with Crippen LogP contribution >= 0.6 is 23.1 Å². The highest BCUT2D eigenvalue weighted by atomic mass is 32.2. The predicted octanol–water partition coefficient (Wildman–Crippen LogP) is 2.25. The number of halogens is 1. The van der Waals surface area contributed by atoms with Crippen molar-refractivity contribution in [1.29, 1.82) is 5.41 Å². The minimum Gasteiger partial charge on any atom is -0.384 e. The Bertz CT molecular complexity index is 527. The van der Waals surface area contributed by atoms with Crippen LogP contribution in [0.4, 0.5) is 4.39 Å². The van der Waals surface area contributed by atoms with E-state index in [1.165, 1.54) is 29.2 Å². The summed E-state index contributed by atoms with van der Waals surface area (Å²) >= 11 is 2.85. The van der Waals surface area contributed by atoms with Crippen LogP contribution in [0.5, 0.6) is 0 Å². The molecule has 0 fully saturated rings. The van der Waals surface area contributed by atoms with Crippen LogP contribution in [0.1, 0.15) is 11.1 Å². The average molecular weight is 268 g/mol. The maximum Gasteiger partial charge on any atom is 0.174 e. The van der Waals surface area contributed by atoms with E-state index >= 15 is 0 Å². The minimum atomic E-state index is -0.352. The van der Waals surface area contributed by atoms with Crippen LogP contribution in [0.15, 0.2) is 28.0 Å². The molecule has 17 heavy (non-hydrogen) atoms. The summed E-state index contributed by atoms with van der Waals surface area (Å²) in [5, 5.41) is 14.8. The molecule has 1 aromatic heterocycles. The third-order valence-corrected chi connectivity index (χ3v) is 3.96. The number of rotatable bonds is 4. The van der Waals surface area contributed by atoms with Gasteiger partial charge in [-0.3, -0.25) is 5.41 Å². The fourth-order valence-corrected chi connectivity index (χ4v) is 2.67. The van der Waals surface area contributed by atoms with E-state index in [9.17, 15) is 4.39 Å². The van der Waals surface area contributed by atoms with Crippen molar-refractivity contribution in [3.05, 3.63) is 40.7 Å². The van der Waals surface area contributed by atoms with Crippen molar-refractivity contribution >= 4 is 28.9 Å². The summed E-state index contributed by atoms with van der Waals surface area (Å²) in [6.07, 6.45) is 0. The second-order valence-electron chi connectivity index (χ2n) is 3.21. The van der Waals surface area contributed by atoms with Gasteiger partial charge in [-0.1, -0.05) is 35.2 Å². The number of aromatic nitrogens is 2. The number of hydrogen-bond acceptors (Lipinski definition) is 5. The number of amidine groups is 1. The van der Waals surface area contributed by atoms with Gasteiger partial charge in [-0.05, 0) is 11.6 Å². The topological polar surface area (TPSA) is 75.7 Å². The highest BCUT2D eigenvalue weighted by Crippen LogP contribution is 2.25. The Morgan fingerprint density at radius 2 is 2.35 bits per heavy atom. The number of thioether (sulfide) groups is 1. The molecule has 0 aliphatic carbocycles. The molecule has 0 radical (unpaired) electrons. The average Bonchev–Trinajstić information content (AvgIpc) is 2.80. The Labute approximate surface area is 106 Å². The van der Waals surface area contributed by atoms with Gasteiger partial charge in [-0.25, -0.2) is 4.39 Å². The number of nitrogens with two attached hydrogens (primary N) is 1. The Morgan fingerprint density at radius 1 is 1.53 bits per heavy atom. The van der Waals surface area contributed by atoms with Crippen molar-refractivity contribution in [2.24, 2.45) is 5.73 Å². The van der Waals surface area contributed by atoms with Crippen molar-refractivity contribution in [1.82, 2.24) is 10.2 Å². The molecule has 88 valence electrons. The van der Waals surface area contributed by atoms with E-state index in [4.69, 9.17) is 11.1 Å². The first kappa shape index (κ1) is 12.0. The minimum absolute atomic E-state index is 0.132. The zero-order chi connectivity index (χ0) is 12.3. The van der Waals surface area contributed by atoms with Crippen LogP contribution in [-0.2, 0) is 5.75 Å². The van der Waals surface area contributed by atoms with Gasteiger partial charge < -0.3 is 5.73 Å². The van der Waals surface area contributed by atoms with E-state index < -0.39 is 0 Å². The second kappa shape index (κ2) is 5.24. The predicted molar refractivity (Wildman–Crippen MR) is 66.9 cm³/mol. The maximum absolute atomic E-state index is 13.6. The summed E-state index contributed by atoms with van der Waals surface area (Å²) < 4.78 is 14.4. The van der Waals surface area contributed by atoms with E-state index in [1.807, 2.05) is 0 Å². The molecule has 0 saturated heterocycles. The second-order valence-corrected chi connectivity index (χ2v) is 5.27. The van der Waals surface area contributed by atoms with Crippen LogP contribution in [0.2, 0.25) is 0 Å². The lowest BCUT2D eigenvalue weighted by atomic mass is 10.1. The zero-order valence-electron chi connectivity index (χ0n) is 8.68. The van der Waals surface area contributed by atoms with Gasteiger partial charge in [0.2, 0.25) is 0 Å². The molecular weight excluding hydrogens is 259 g/mol. The van der Waals surface area contributed by atoms with Crippen LogP contribution in [0, 0.1) is 11.2 Å². The summed E-state index contributed by atoms with van der Waals surface area (Å²) in [6, 6.07) is 4.56. The molecule has 0 aliphatic heterocycles. The highest BCUT2D eigenvalue weighted by molar-refractivity contribution is 8.00. The van der Waals surface area contributed by atoms with E-state index in [0.29, 0.717) is 16.9 Å². The fraction of sp³-hybridized carbons (Fsp3) is 0.100. The van der Waals surface area contributed by atoms with Crippen LogP contribution < -0.4 is 5.73 Å². The Balaban J connectivity index is 2.09. The van der Waals surface area contributed by atoms with Crippen molar-refractivity contribution in [2.45, 2.75) is 10.1 Å². The fourth-order valence-electron chi connectivity index (χ4n) is 1.20. The molecule has 2 rings (SSSR count). The molecule has 4 nitrogen and oxygen atoms in total. The first-order valence-corrected chi connectivity index (χ1v) is 6.55. The Hall–Kier alpha value is -1.47. The molecule has 0 unspecified atom stereocenters. The number of benzene rings is 1. The van der Waals surface area contributed by atoms with Gasteiger partial charge in [0.15, 0.2) is 4.34 Å². The lowest BCUT2D eigenvalue weighted by molar-refractivity contribution is 0.617. The van der Waals surface area contributed by atoms with Crippen LogP contribution in [0.3, 0.4) is 0 Å². The molecule has 0 saturated carbocycles. The van der Waals surface area contributed by atoms with E-state index in [0.717, 1.165) is 4.34 Å². The summed E-state index contributed by atoms with van der Waals surface area (Å²) in [4.78, 5) is 0. The molecule has 0 aliphatic rings. The van der Waals surface area contributed by atoms with Crippen molar-refractivity contribution in [2.75, 3.05) is 0 Å². The van der Waals surface area contributed by atoms with Crippen molar-refractivity contribution in [3.63, 3.8) is 0 Å². The van der Waals surface area contributed by atoms with E-state index in [-0.39, 0.29) is 11.7 Å². The lowest BCUT2D eigenvalue weighted by Gasteiger charge is -2.03. The molecule has 1 aromatic carbocycles. The van der Waals surface area contributed by atoms with E-state index in [2.05, 4.69) is 10.2 Å². The van der Waals surface area contributed by atoms with Crippen molar-refractivity contribution < 1.29 is 4.39 Å². The van der Waals surface area contributed by atoms with Gasteiger partial charge in [0.1, 0.15) is 17.2 Å². The summed E-state index contributed by atoms with van der Waals surface area (Å²) in [7, 11) is 0. The Kier molecular flexibility index (Phi) is 3.70. The number of nitrogens with zero attached hydrogens (tertiary/aromatic N) is 2. The van der Waals surface area contributed by atoms with E-state index in [1.54, 1.807) is 17.6 Å². The van der Waals surface area contributed by atoms with Crippen molar-refractivity contribution in [3.8, 4) is 0 Å².